The molecule has 0 saturated carbocycles. The Labute approximate surface area is 126 Å². The molecule has 0 spiro atoms. The van der Waals surface area contributed by atoms with Crippen LogP contribution in [0.2, 0.25) is 0 Å². The van der Waals surface area contributed by atoms with E-state index in [1.807, 2.05) is 31.2 Å². The highest BCUT2D eigenvalue weighted by atomic mass is 16.5. The van der Waals surface area contributed by atoms with E-state index in [0.29, 0.717) is 13.0 Å². The van der Waals surface area contributed by atoms with E-state index >= 15 is 0 Å². The molecule has 5 heteroatoms. The van der Waals surface area contributed by atoms with Crippen molar-refractivity contribution in [2.24, 2.45) is 5.73 Å². The number of esters is 1. The lowest BCUT2D eigenvalue weighted by atomic mass is 9.96. The van der Waals surface area contributed by atoms with Gasteiger partial charge >= 0.3 is 5.97 Å². The topological polar surface area (TPSA) is 70.8 Å². The molecule has 0 radical (unpaired) electrons. The number of ether oxygens (including phenoxy) is 3. The molecule has 2 atom stereocenters. The normalized spacial score (nSPS) is 15.1. The molecule has 1 aromatic rings. The van der Waals surface area contributed by atoms with Crippen molar-refractivity contribution in [3.63, 3.8) is 0 Å². The molecule has 5 nitrogen and oxygen atoms in total. The van der Waals surface area contributed by atoms with E-state index in [1.165, 1.54) is 12.7 Å². The molecule has 2 unspecified atom stereocenters. The molecule has 0 bridgehead atoms. The van der Waals surface area contributed by atoms with Crippen LogP contribution in [0.25, 0.3) is 0 Å². The molecule has 2 N–H and O–H groups in total. The first-order valence-corrected chi connectivity index (χ1v) is 7.01. The third-order valence-corrected chi connectivity index (χ3v) is 3.22. The summed E-state index contributed by atoms with van der Waals surface area (Å²) >= 11 is 0. The number of hydrogen-bond acceptors (Lipinski definition) is 5. The van der Waals surface area contributed by atoms with Crippen molar-refractivity contribution in [1.29, 1.82) is 0 Å². The van der Waals surface area contributed by atoms with Gasteiger partial charge < -0.3 is 19.9 Å². The second-order valence-corrected chi connectivity index (χ2v) is 5.43. The van der Waals surface area contributed by atoms with Gasteiger partial charge in [-0.25, -0.2) is 0 Å². The minimum absolute atomic E-state index is 0.191. The lowest BCUT2D eigenvalue weighted by molar-refractivity contribution is -0.147. The Kier molecular flexibility index (Phi) is 6.65. The monoisotopic (exact) mass is 295 g/mol. The average molecular weight is 295 g/mol. The summed E-state index contributed by atoms with van der Waals surface area (Å²) in [6, 6.07) is 7.83. The third-order valence-electron chi connectivity index (χ3n) is 3.22. The Morgan fingerprint density at radius 1 is 1.29 bits per heavy atom. The largest absolute Gasteiger partial charge is 0.491 e. The molecular weight excluding hydrogens is 270 g/mol. The molecule has 21 heavy (non-hydrogen) atoms. The van der Waals surface area contributed by atoms with E-state index in [4.69, 9.17) is 15.2 Å². The van der Waals surface area contributed by atoms with Crippen LogP contribution in [-0.2, 0) is 20.7 Å². The van der Waals surface area contributed by atoms with Crippen molar-refractivity contribution in [3.05, 3.63) is 29.8 Å². The van der Waals surface area contributed by atoms with Gasteiger partial charge in [0.25, 0.3) is 0 Å². The minimum atomic E-state index is -1.05. The Morgan fingerprint density at radius 2 is 1.90 bits per heavy atom. The number of benzene rings is 1. The summed E-state index contributed by atoms with van der Waals surface area (Å²) in [5.74, 6) is 0.317. The van der Waals surface area contributed by atoms with Crippen molar-refractivity contribution >= 4 is 5.97 Å². The number of carbonyl (C=O) groups is 1. The van der Waals surface area contributed by atoms with E-state index < -0.39 is 11.5 Å². The van der Waals surface area contributed by atoms with Crippen LogP contribution >= 0.6 is 0 Å². The molecule has 0 saturated heterocycles. The zero-order valence-electron chi connectivity index (χ0n) is 13.2. The van der Waals surface area contributed by atoms with Crippen molar-refractivity contribution in [2.75, 3.05) is 20.8 Å². The molecular formula is C16H25NO4. The summed E-state index contributed by atoms with van der Waals surface area (Å²) in [4.78, 5) is 11.6. The first-order chi connectivity index (χ1) is 9.89. The highest BCUT2D eigenvalue weighted by molar-refractivity contribution is 5.79. The molecule has 0 aromatic heterocycles. The Morgan fingerprint density at radius 3 is 2.43 bits per heavy atom. The lowest BCUT2D eigenvalue weighted by Crippen LogP contribution is -2.48. The second kappa shape index (κ2) is 8.00. The van der Waals surface area contributed by atoms with E-state index in [1.54, 1.807) is 14.0 Å². The Hall–Kier alpha value is -1.59. The van der Waals surface area contributed by atoms with Gasteiger partial charge in [-0.2, -0.15) is 0 Å². The van der Waals surface area contributed by atoms with Crippen LogP contribution in [0.15, 0.2) is 24.3 Å². The smallest absolute Gasteiger partial charge is 0.325 e. The van der Waals surface area contributed by atoms with Crippen molar-refractivity contribution in [1.82, 2.24) is 0 Å². The summed E-state index contributed by atoms with van der Waals surface area (Å²) in [7, 11) is 3.02. The highest BCUT2D eigenvalue weighted by Gasteiger charge is 2.32. The van der Waals surface area contributed by atoms with E-state index in [0.717, 1.165) is 12.2 Å². The maximum Gasteiger partial charge on any atom is 0.325 e. The number of methoxy groups -OCH3 is 2. The fourth-order valence-corrected chi connectivity index (χ4v) is 2.14. The van der Waals surface area contributed by atoms with Crippen LogP contribution in [0, 0.1) is 0 Å². The molecule has 0 heterocycles. The average Bonchev–Trinajstić information content (AvgIpc) is 2.45. The highest BCUT2D eigenvalue weighted by Crippen LogP contribution is 2.19. The predicted octanol–water partition coefficient (Wildman–Crippen LogP) is 1.92. The second-order valence-electron chi connectivity index (χ2n) is 5.43. The summed E-state index contributed by atoms with van der Waals surface area (Å²) in [5.41, 5.74) is 6.08. The van der Waals surface area contributed by atoms with Gasteiger partial charge in [0, 0.05) is 13.5 Å². The zero-order valence-corrected chi connectivity index (χ0v) is 13.2. The van der Waals surface area contributed by atoms with Gasteiger partial charge in [-0.3, -0.25) is 4.79 Å². The summed E-state index contributed by atoms with van der Waals surface area (Å²) in [5, 5.41) is 0. The molecule has 0 aliphatic carbocycles. The third kappa shape index (κ3) is 5.73. The Bertz CT molecular complexity index is 442. The van der Waals surface area contributed by atoms with Gasteiger partial charge in [0.2, 0.25) is 0 Å². The van der Waals surface area contributed by atoms with Gasteiger partial charge in [0.05, 0.1) is 19.8 Å². The van der Waals surface area contributed by atoms with E-state index in [2.05, 4.69) is 4.74 Å². The van der Waals surface area contributed by atoms with Gasteiger partial charge in [0.15, 0.2) is 0 Å². The first kappa shape index (κ1) is 17.5. The standard InChI is InChI=1S/C16H25NO4/c1-12(11-16(2,17)15(18)20-4)21-14-7-5-13(6-8-14)9-10-19-3/h5-8,12H,9-11,17H2,1-4H3. The number of rotatable bonds is 8. The van der Waals surface area contributed by atoms with Crippen LogP contribution in [0.3, 0.4) is 0 Å². The molecule has 0 aliphatic heterocycles. The maximum atomic E-state index is 11.6. The quantitative estimate of drug-likeness (QED) is 0.742. The molecule has 1 aromatic carbocycles. The summed E-state index contributed by atoms with van der Waals surface area (Å²) < 4.78 is 15.5. The molecule has 0 aliphatic rings. The van der Waals surface area contributed by atoms with Crippen LogP contribution < -0.4 is 10.5 Å². The fourth-order valence-electron chi connectivity index (χ4n) is 2.14. The number of nitrogens with two attached hydrogens (primary N) is 1. The number of hydrogen-bond donors (Lipinski definition) is 1. The van der Waals surface area contributed by atoms with Gasteiger partial charge in [0.1, 0.15) is 11.3 Å². The van der Waals surface area contributed by atoms with Crippen molar-refractivity contribution in [3.8, 4) is 5.75 Å². The molecule has 118 valence electrons. The molecule has 1 rings (SSSR count). The van der Waals surface area contributed by atoms with Gasteiger partial charge in [-0.1, -0.05) is 12.1 Å². The fraction of sp³-hybridized carbons (Fsp3) is 0.562. The zero-order chi connectivity index (χ0) is 15.9. The van der Waals surface area contributed by atoms with E-state index in [9.17, 15) is 4.79 Å². The SMILES string of the molecule is COCCc1ccc(OC(C)CC(C)(N)C(=O)OC)cc1. The van der Waals surface area contributed by atoms with Crippen LogP contribution in [0.1, 0.15) is 25.8 Å². The number of carbonyl (C=O) groups excluding carboxylic acids is 1. The minimum Gasteiger partial charge on any atom is -0.491 e. The molecule has 0 fully saturated rings. The molecule has 0 amide bonds. The lowest BCUT2D eigenvalue weighted by Gasteiger charge is -2.25. The predicted molar refractivity (Wildman–Crippen MR) is 81.3 cm³/mol. The van der Waals surface area contributed by atoms with Gasteiger partial charge in [-0.05, 0) is 38.0 Å². The maximum absolute atomic E-state index is 11.6. The van der Waals surface area contributed by atoms with Crippen LogP contribution in [0.4, 0.5) is 0 Å². The van der Waals surface area contributed by atoms with Crippen LogP contribution in [0.5, 0.6) is 5.75 Å². The summed E-state index contributed by atoms with van der Waals surface area (Å²) in [6.07, 6.45) is 1.06. The summed E-state index contributed by atoms with van der Waals surface area (Å²) in [6.45, 7) is 4.22. The Balaban J connectivity index is 2.54. The van der Waals surface area contributed by atoms with Crippen LogP contribution in [-0.4, -0.2) is 38.4 Å². The first-order valence-electron chi connectivity index (χ1n) is 7.01. The van der Waals surface area contributed by atoms with Gasteiger partial charge in [-0.15, -0.1) is 0 Å². The van der Waals surface area contributed by atoms with Crippen molar-refractivity contribution < 1.29 is 19.0 Å². The van der Waals surface area contributed by atoms with E-state index in [-0.39, 0.29) is 6.10 Å². The van der Waals surface area contributed by atoms with Crippen molar-refractivity contribution in [2.45, 2.75) is 38.3 Å².